The highest BCUT2D eigenvalue weighted by molar-refractivity contribution is 5.78. The summed E-state index contributed by atoms with van der Waals surface area (Å²) < 4.78 is 49.4. The Hall–Kier alpha value is -0.820. The van der Waals surface area contributed by atoms with Crippen molar-refractivity contribution in [2.45, 2.75) is 38.0 Å². The molecule has 2 aliphatic rings. The number of hydrogen-bond donors (Lipinski definition) is 1. The van der Waals surface area contributed by atoms with Crippen LogP contribution in [0.1, 0.15) is 25.7 Å². The van der Waals surface area contributed by atoms with Crippen LogP contribution in [0.15, 0.2) is 0 Å². The maximum absolute atomic E-state index is 13.1. The molecule has 2 atom stereocenters. The molecule has 2 rings (SSSR count). The average molecular weight is 281 g/mol. The van der Waals surface area contributed by atoms with Crippen LogP contribution < -0.4 is 5.32 Å². The number of alkyl halides is 3. The van der Waals surface area contributed by atoms with Gasteiger partial charge in [-0.25, -0.2) is 0 Å². The van der Waals surface area contributed by atoms with Crippen molar-refractivity contribution >= 4 is 5.97 Å². The zero-order valence-electron chi connectivity index (χ0n) is 10.6. The second kappa shape index (κ2) is 5.66. The van der Waals surface area contributed by atoms with Crippen molar-refractivity contribution < 1.29 is 27.4 Å². The van der Waals surface area contributed by atoms with E-state index in [1.807, 2.05) is 0 Å². The van der Waals surface area contributed by atoms with E-state index in [0.29, 0.717) is 6.61 Å². The molecule has 0 aromatic rings. The van der Waals surface area contributed by atoms with Crippen LogP contribution in [0.5, 0.6) is 0 Å². The topological polar surface area (TPSA) is 47.6 Å². The molecule has 7 heteroatoms. The van der Waals surface area contributed by atoms with Gasteiger partial charge in [-0.1, -0.05) is 0 Å². The number of carbonyl (C=O) groups is 1. The summed E-state index contributed by atoms with van der Waals surface area (Å²) >= 11 is 0. The molecule has 1 N–H and O–H groups in total. The van der Waals surface area contributed by atoms with E-state index in [-0.39, 0.29) is 25.7 Å². The van der Waals surface area contributed by atoms with Gasteiger partial charge in [0.2, 0.25) is 0 Å². The van der Waals surface area contributed by atoms with Crippen LogP contribution in [0.3, 0.4) is 0 Å². The summed E-state index contributed by atoms with van der Waals surface area (Å²) in [4.78, 5) is 11.8. The lowest BCUT2D eigenvalue weighted by Crippen LogP contribution is -2.48. The van der Waals surface area contributed by atoms with Crippen LogP contribution in [-0.2, 0) is 14.3 Å². The number of rotatable bonds is 3. The molecule has 0 amide bonds. The minimum absolute atomic E-state index is 0.0866. The van der Waals surface area contributed by atoms with E-state index in [4.69, 9.17) is 9.47 Å². The fourth-order valence-electron chi connectivity index (χ4n) is 2.47. The molecule has 0 aromatic heterocycles. The Morgan fingerprint density at radius 1 is 1.42 bits per heavy atom. The van der Waals surface area contributed by atoms with Crippen molar-refractivity contribution in [3.63, 3.8) is 0 Å². The Bertz CT molecular complexity index is 321. The number of ether oxygens (including phenoxy) is 2. The SMILES string of the molecule is O=C(OCC1CCCCO1)C1(C(F)(F)F)CCNC1. The molecule has 2 heterocycles. The highest BCUT2D eigenvalue weighted by atomic mass is 19.4. The Morgan fingerprint density at radius 2 is 2.21 bits per heavy atom. The zero-order valence-corrected chi connectivity index (χ0v) is 10.6. The first-order chi connectivity index (χ1) is 8.96. The Balaban J connectivity index is 1.93. The van der Waals surface area contributed by atoms with Gasteiger partial charge in [-0.05, 0) is 32.2 Å². The average Bonchev–Trinajstić information content (AvgIpc) is 2.87. The minimum Gasteiger partial charge on any atom is -0.462 e. The summed E-state index contributed by atoms with van der Waals surface area (Å²) in [5.74, 6) is -1.18. The monoisotopic (exact) mass is 281 g/mol. The molecule has 0 bridgehead atoms. The standard InChI is InChI=1S/C12H18F3NO3/c13-12(14,15)11(4-5-16-8-11)10(17)19-7-9-3-1-2-6-18-9/h9,16H,1-8H2. The van der Waals surface area contributed by atoms with E-state index in [9.17, 15) is 18.0 Å². The maximum Gasteiger partial charge on any atom is 0.406 e. The first-order valence-corrected chi connectivity index (χ1v) is 6.52. The van der Waals surface area contributed by atoms with Gasteiger partial charge in [0, 0.05) is 13.2 Å². The van der Waals surface area contributed by atoms with Crippen LogP contribution in [-0.4, -0.2) is 44.6 Å². The van der Waals surface area contributed by atoms with Crippen molar-refractivity contribution in [2.75, 3.05) is 26.3 Å². The molecule has 4 nitrogen and oxygen atoms in total. The van der Waals surface area contributed by atoms with E-state index in [1.165, 1.54) is 0 Å². The first-order valence-electron chi connectivity index (χ1n) is 6.52. The van der Waals surface area contributed by atoms with Gasteiger partial charge in [0.15, 0.2) is 5.41 Å². The van der Waals surface area contributed by atoms with Crippen molar-refractivity contribution in [1.82, 2.24) is 5.32 Å². The third-order valence-corrected chi connectivity index (χ3v) is 3.76. The predicted octanol–water partition coefficient (Wildman–Crippen LogP) is 1.64. The summed E-state index contributed by atoms with van der Waals surface area (Å²) in [7, 11) is 0. The van der Waals surface area contributed by atoms with E-state index in [1.54, 1.807) is 0 Å². The Labute approximate surface area is 109 Å². The normalized spacial score (nSPS) is 32.3. The van der Waals surface area contributed by atoms with E-state index in [0.717, 1.165) is 19.3 Å². The number of esters is 1. The second-order valence-electron chi connectivity index (χ2n) is 5.09. The largest absolute Gasteiger partial charge is 0.462 e. The third-order valence-electron chi connectivity index (χ3n) is 3.76. The van der Waals surface area contributed by atoms with Crippen molar-refractivity contribution in [3.05, 3.63) is 0 Å². The van der Waals surface area contributed by atoms with Gasteiger partial charge in [0.1, 0.15) is 6.61 Å². The molecule has 19 heavy (non-hydrogen) atoms. The molecule has 2 fully saturated rings. The highest BCUT2D eigenvalue weighted by Gasteiger charge is 2.62. The lowest BCUT2D eigenvalue weighted by atomic mass is 9.86. The van der Waals surface area contributed by atoms with E-state index < -0.39 is 24.1 Å². The fraction of sp³-hybridized carbons (Fsp3) is 0.917. The molecule has 0 aliphatic carbocycles. The number of carbonyl (C=O) groups excluding carboxylic acids is 1. The summed E-state index contributed by atoms with van der Waals surface area (Å²) in [6.07, 6.45) is -2.49. The number of hydrogen-bond acceptors (Lipinski definition) is 4. The van der Waals surface area contributed by atoms with Gasteiger partial charge in [-0.2, -0.15) is 13.2 Å². The lowest BCUT2D eigenvalue weighted by molar-refractivity contribution is -0.231. The molecule has 2 unspecified atom stereocenters. The smallest absolute Gasteiger partial charge is 0.406 e. The van der Waals surface area contributed by atoms with Gasteiger partial charge < -0.3 is 14.8 Å². The fourth-order valence-corrected chi connectivity index (χ4v) is 2.47. The van der Waals surface area contributed by atoms with Crippen molar-refractivity contribution in [2.24, 2.45) is 5.41 Å². The minimum atomic E-state index is -4.58. The van der Waals surface area contributed by atoms with Crippen LogP contribution in [0, 0.1) is 5.41 Å². The summed E-state index contributed by atoms with van der Waals surface area (Å²) in [5.41, 5.74) is -2.39. The molecule has 0 aromatic carbocycles. The van der Waals surface area contributed by atoms with Gasteiger partial charge in [-0.15, -0.1) is 0 Å². The van der Waals surface area contributed by atoms with Crippen LogP contribution >= 0.6 is 0 Å². The van der Waals surface area contributed by atoms with Crippen molar-refractivity contribution in [3.8, 4) is 0 Å². The van der Waals surface area contributed by atoms with Crippen LogP contribution in [0.25, 0.3) is 0 Å². The number of nitrogens with one attached hydrogen (secondary N) is 1. The quantitative estimate of drug-likeness (QED) is 0.799. The van der Waals surface area contributed by atoms with Crippen LogP contribution in [0.4, 0.5) is 13.2 Å². The zero-order chi connectivity index (χ0) is 13.9. The van der Waals surface area contributed by atoms with E-state index in [2.05, 4.69) is 5.32 Å². The second-order valence-corrected chi connectivity index (χ2v) is 5.09. The molecule has 2 aliphatic heterocycles. The van der Waals surface area contributed by atoms with Gasteiger partial charge in [0.05, 0.1) is 6.10 Å². The van der Waals surface area contributed by atoms with Gasteiger partial charge in [0.25, 0.3) is 0 Å². The summed E-state index contributed by atoms with van der Waals surface area (Å²) in [5, 5.41) is 2.59. The van der Waals surface area contributed by atoms with Gasteiger partial charge in [-0.3, -0.25) is 4.79 Å². The maximum atomic E-state index is 13.1. The first kappa shape index (κ1) is 14.6. The van der Waals surface area contributed by atoms with E-state index >= 15 is 0 Å². The van der Waals surface area contributed by atoms with Gasteiger partial charge >= 0.3 is 12.1 Å². The molecular formula is C12H18F3NO3. The Morgan fingerprint density at radius 3 is 2.74 bits per heavy atom. The van der Waals surface area contributed by atoms with Crippen LogP contribution in [0.2, 0.25) is 0 Å². The lowest BCUT2D eigenvalue weighted by Gasteiger charge is -2.29. The van der Waals surface area contributed by atoms with Crippen molar-refractivity contribution in [1.29, 1.82) is 0 Å². The number of halogens is 3. The molecular weight excluding hydrogens is 263 g/mol. The summed E-state index contributed by atoms with van der Waals surface area (Å²) in [6, 6.07) is 0. The Kier molecular flexibility index (Phi) is 4.35. The highest BCUT2D eigenvalue weighted by Crippen LogP contribution is 2.44. The molecule has 0 spiro atoms. The third kappa shape index (κ3) is 3.02. The molecule has 110 valence electrons. The molecule has 2 saturated heterocycles. The molecule has 0 saturated carbocycles. The summed E-state index contributed by atoms with van der Waals surface area (Å²) in [6.45, 7) is 0.264. The predicted molar refractivity (Wildman–Crippen MR) is 60.5 cm³/mol. The molecule has 0 radical (unpaired) electrons.